The molecule has 3 aromatic rings. The first-order valence-corrected chi connectivity index (χ1v) is 14.3. The number of amides is 3. The van der Waals surface area contributed by atoms with Gasteiger partial charge < -0.3 is 14.9 Å². The maximum Gasteiger partial charge on any atom is 0.339 e. The lowest BCUT2D eigenvalue weighted by Crippen LogP contribution is -2.55. The van der Waals surface area contributed by atoms with Gasteiger partial charge in [0.15, 0.2) is 0 Å². The van der Waals surface area contributed by atoms with Gasteiger partial charge in [0.2, 0.25) is 5.91 Å². The van der Waals surface area contributed by atoms with E-state index in [1.54, 1.807) is 42.2 Å². The molecule has 1 atom stereocenters. The molecule has 0 aliphatic carbocycles. The molecular weight excluding hydrogens is 516 g/mol. The molecule has 0 spiro atoms. The zero-order valence-corrected chi connectivity index (χ0v) is 23.1. The fourth-order valence-electron chi connectivity index (χ4n) is 5.15. The van der Waals surface area contributed by atoms with Gasteiger partial charge in [-0.2, -0.15) is 0 Å². The number of rotatable bonds is 5. The molecule has 3 amide bonds. The number of hydrogen-bond acceptors (Lipinski definition) is 6. The largest absolute Gasteiger partial charge is 0.508 e. The average Bonchev–Trinajstić information content (AvgIpc) is 3.29. The van der Waals surface area contributed by atoms with Gasteiger partial charge in [-0.15, -0.1) is 0 Å². The summed E-state index contributed by atoms with van der Waals surface area (Å²) in [6, 6.07) is 17.1. The van der Waals surface area contributed by atoms with Crippen LogP contribution in [0.1, 0.15) is 16.7 Å². The first kappa shape index (κ1) is 26.6. The summed E-state index contributed by atoms with van der Waals surface area (Å²) in [5.74, 6) is -0.478. The standard InChI is InChI=1S/C29H32N4O5S/c1-20-9-10-21(2)25(17-20)30-13-15-31(16-14-30)28(35)26-19-32(29(36)33(26)23-7-5-4-6-8-23)39(37,38)24-12-11-22(3)27(34)18-24/h4-12,17-18,26,34H,13-16,19H2,1-3H3. The molecule has 39 heavy (non-hydrogen) atoms. The van der Waals surface area contributed by atoms with Crippen LogP contribution < -0.4 is 9.80 Å². The zero-order chi connectivity index (χ0) is 27.9. The maximum absolute atomic E-state index is 13.9. The number of piperazine rings is 1. The van der Waals surface area contributed by atoms with Crippen molar-refractivity contribution >= 4 is 33.3 Å². The fraction of sp³-hybridized carbons (Fsp3) is 0.310. The molecule has 2 aliphatic heterocycles. The molecule has 0 aromatic heterocycles. The van der Waals surface area contributed by atoms with Crippen molar-refractivity contribution in [1.29, 1.82) is 0 Å². The summed E-state index contributed by atoms with van der Waals surface area (Å²) in [7, 11) is -4.32. The first-order chi connectivity index (χ1) is 18.6. The first-order valence-electron chi connectivity index (χ1n) is 12.9. The van der Waals surface area contributed by atoms with Crippen molar-refractivity contribution in [2.75, 3.05) is 42.5 Å². The second-order valence-electron chi connectivity index (χ2n) is 10.1. The summed E-state index contributed by atoms with van der Waals surface area (Å²) in [5.41, 5.74) is 4.43. The SMILES string of the molecule is Cc1ccc(C)c(N2CCN(C(=O)C3CN(S(=O)(=O)c4ccc(C)c(O)c4)C(=O)N3c3ccccc3)CC2)c1. The lowest BCUT2D eigenvalue weighted by Gasteiger charge is -2.38. The second-order valence-corrected chi connectivity index (χ2v) is 12.0. The molecular formula is C29H32N4O5S. The lowest BCUT2D eigenvalue weighted by atomic mass is 10.1. The molecule has 1 N–H and O–H groups in total. The number of phenols is 1. The van der Waals surface area contributed by atoms with Crippen LogP contribution >= 0.6 is 0 Å². The third-order valence-electron chi connectivity index (χ3n) is 7.45. The monoisotopic (exact) mass is 548 g/mol. The third kappa shape index (κ3) is 4.92. The molecule has 204 valence electrons. The molecule has 0 saturated carbocycles. The van der Waals surface area contributed by atoms with Gasteiger partial charge in [-0.05, 0) is 61.7 Å². The number of urea groups is 1. The van der Waals surface area contributed by atoms with E-state index in [0.717, 1.165) is 16.1 Å². The Bertz CT molecular complexity index is 1520. The van der Waals surface area contributed by atoms with Crippen LogP contribution in [-0.4, -0.2) is 73.4 Å². The molecule has 2 heterocycles. The minimum absolute atomic E-state index is 0.183. The number of benzene rings is 3. The third-order valence-corrected chi connectivity index (χ3v) is 9.19. The van der Waals surface area contributed by atoms with E-state index in [1.807, 2.05) is 0 Å². The van der Waals surface area contributed by atoms with Gasteiger partial charge in [0.25, 0.3) is 10.0 Å². The number of para-hydroxylation sites is 1. The van der Waals surface area contributed by atoms with E-state index < -0.39 is 22.1 Å². The zero-order valence-electron chi connectivity index (χ0n) is 22.2. The summed E-state index contributed by atoms with van der Waals surface area (Å²) < 4.78 is 27.8. The predicted molar refractivity (Wildman–Crippen MR) is 150 cm³/mol. The van der Waals surface area contributed by atoms with Crippen molar-refractivity contribution < 1.29 is 23.1 Å². The van der Waals surface area contributed by atoms with E-state index in [1.165, 1.54) is 28.2 Å². The van der Waals surface area contributed by atoms with Crippen LogP contribution in [0.4, 0.5) is 16.2 Å². The highest BCUT2D eigenvalue weighted by molar-refractivity contribution is 7.89. The van der Waals surface area contributed by atoms with E-state index in [2.05, 4.69) is 36.9 Å². The Morgan fingerprint density at radius 2 is 1.54 bits per heavy atom. The number of carbonyl (C=O) groups is 2. The van der Waals surface area contributed by atoms with Gasteiger partial charge in [-0.3, -0.25) is 9.69 Å². The highest BCUT2D eigenvalue weighted by atomic mass is 32.2. The smallest absolute Gasteiger partial charge is 0.339 e. The van der Waals surface area contributed by atoms with Crippen molar-refractivity contribution in [2.45, 2.75) is 31.7 Å². The van der Waals surface area contributed by atoms with Crippen LogP contribution in [0.15, 0.2) is 71.6 Å². The fourth-order valence-corrected chi connectivity index (χ4v) is 6.54. The Balaban J connectivity index is 1.41. The van der Waals surface area contributed by atoms with Crippen molar-refractivity contribution in [3.63, 3.8) is 0 Å². The Morgan fingerprint density at radius 1 is 0.872 bits per heavy atom. The minimum atomic E-state index is -4.32. The normalized spacial score (nSPS) is 18.1. The maximum atomic E-state index is 13.9. The van der Waals surface area contributed by atoms with Crippen LogP contribution in [0, 0.1) is 20.8 Å². The van der Waals surface area contributed by atoms with Gasteiger partial charge in [0, 0.05) is 43.6 Å². The van der Waals surface area contributed by atoms with Crippen LogP contribution in [0.25, 0.3) is 0 Å². The summed E-state index contributed by atoms with van der Waals surface area (Å²) in [5, 5.41) is 10.1. The van der Waals surface area contributed by atoms with Gasteiger partial charge in [0.05, 0.1) is 11.4 Å². The van der Waals surface area contributed by atoms with Crippen molar-refractivity contribution in [2.24, 2.45) is 0 Å². The molecule has 0 radical (unpaired) electrons. The van der Waals surface area contributed by atoms with E-state index in [-0.39, 0.29) is 23.1 Å². The molecule has 0 bridgehead atoms. The Labute approximate surface area is 228 Å². The number of hydrogen-bond donors (Lipinski definition) is 1. The molecule has 9 nitrogen and oxygen atoms in total. The average molecular weight is 549 g/mol. The van der Waals surface area contributed by atoms with Crippen LogP contribution in [0.5, 0.6) is 5.75 Å². The number of nitrogens with zero attached hydrogens (tertiary/aromatic N) is 4. The van der Waals surface area contributed by atoms with Gasteiger partial charge >= 0.3 is 6.03 Å². The molecule has 2 saturated heterocycles. The number of anilines is 2. The summed E-state index contributed by atoms with van der Waals surface area (Å²) >= 11 is 0. The second kappa shape index (κ2) is 10.3. The number of aryl methyl sites for hydroxylation is 3. The van der Waals surface area contributed by atoms with Gasteiger partial charge in [-0.25, -0.2) is 17.5 Å². The predicted octanol–water partition coefficient (Wildman–Crippen LogP) is 3.67. The Kier molecular flexibility index (Phi) is 6.98. The highest BCUT2D eigenvalue weighted by Gasteiger charge is 2.49. The van der Waals surface area contributed by atoms with Gasteiger partial charge in [-0.1, -0.05) is 36.4 Å². The number of carbonyl (C=O) groups excluding carboxylic acids is 2. The van der Waals surface area contributed by atoms with Crippen LogP contribution in [-0.2, 0) is 14.8 Å². The van der Waals surface area contributed by atoms with Crippen LogP contribution in [0.2, 0.25) is 0 Å². The van der Waals surface area contributed by atoms with E-state index in [4.69, 9.17) is 0 Å². The molecule has 10 heteroatoms. The topological polar surface area (TPSA) is 101 Å². The molecule has 3 aromatic carbocycles. The molecule has 1 unspecified atom stereocenters. The van der Waals surface area contributed by atoms with Crippen molar-refractivity contribution in [1.82, 2.24) is 9.21 Å². The summed E-state index contributed by atoms with van der Waals surface area (Å²) in [6.45, 7) is 7.63. The highest BCUT2D eigenvalue weighted by Crippen LogP contribution is 2.32. The number of aromatic hydroxyl groups is 1. The minimum Gasteiger partial charge on any atom is -0.508 e. The molecule has 2 aliphatic rings. The Morgan fingerprint density at radius 3 is 2.21 bits per heavy atom. The van der Waals surface area contributed by atoms with E-state index in [0.29, 0.717) is 37.4 Å². The van der Waals surface area contributed by atoms with Crippen LogP contribution in [0.3, 0.4) is 0 Å². The summed E-state index contributed by atoms with van der Waals surface area (Å²) in [4.78, 5) is 32.5. The van der Waals surface area contributed by atoms with Gasteiger partial charge in [0.1, 0.15) is 11.8 Å². The molecule has 2 fully saturated rings. The van der Waals surface area contributed by atoms with E-state index >= 15 is 0 Å². The number of sulfonamides is 1. The lowest BCUT2D eigenvalue weighted by molar-refractivity contribution is -0.132. The van der Waals surface area contributed by atoms with Crippen molar-refractivity contribution in [3.8, 4) is 5.75 Å². The molecule has 5 rings (SSSR count). The van der Waals surface area contributed by atoms with Crippen molar-refractivity contribution in [3.05, 3.63) is 83.4 Å². The quantitative estimate of drug-likeness (QED) is 0.522. The summed E-state index contributed by atoms with van der Waals surface area (Å²) in [6.07, 6.45) is 0. The number of phenolic OH excluding ortho intramolecular Hbond substituents is 1. The van der Waals surface area contributed by atoms with E-state index in [9.17, 15) is 23.1 Å². The Hall–Kier alpha value is -4.05.